The van der Waals surface area contributed by atoms with Crippen molar-refractivity contribution in [3.05, 3.63) is 48.2 Å². The van der Waals surface area contributed by atoms with Crippen molar-refractivity contribution < 1.29 is 8.78 Å². The van der Waals surface area contributed by atoms with Gasteiger partial charge in [-0.3, -0.25) is 4.98 Å². The first-order valence-electron chi connectivity index (χ1n) is 5.86. The minimum atomic E-state index is -0.602. The number of rotatable bonds is 4. The van der Waals surface area contributed by atoms with Gasteiger partial charge in [0.15, 0.2) is 0 Å². The van der Waals surface area contributed by atoms with Gasteiger partial charge < -0.3 is 5.32 Å². The van der Waals surface area contributed by atoms with Crippen molar-refractivity contribution in [2.24, 2.45) is 0 Å². The highest BCUT2D eigenvalue weighted by Crippen LogP contribution is 2.25. The van der Waals surface area contributed by atoms with E-state index in [1.165, 1.54) is 18.2 Å². The van der Waals surface area contributed by atoms with Gasteiger partial charge in [0.25, 0.3) is 0 Å². The van der Waals surface area contributed by atoms with Gasteiger partial charge in [-0.05, 0) is 30.7 Å². The molecule has 2 nitrogen and oxygen atoms in total. The van der Waals surface area contributed by atoms with Gasteiger partial charge in [0.1, 0.15) is 11.6 Å². The Hall–Kier alpha value is -1.97. The van der Waals surface area contributed by atoms with Crippen molar-refractivity contribution in [1.29, 1.82) is 0 Å². The summed E-state index contributed by atoms with van der Waals surface area (Å²) in [6.07, 6.45) is 2.52. The summed E-state index contributed by atoms with van der Waals surface area (Å²) in [7, 11) is 0. The lowest BCUT2D eigenvalue weighted by Gasteiger charge is -2.08. The molecule has 0 spiro atoms. The highest BCUT2D eigenvalue weighted by molar-refractivity contribution is 5.65. The Morgan fingerprint density at radius 2 is 1.89 bits per heavy atom. The number of nitrogens with one attached hydrogen (secondary N) is 1. The second-order valence-electron chi connectivity index (χ2n) is 3.95. The maximum absolute atomic E-state index is 13.6. The summed E-state index contributed by atoms with van der Waals surface area (Å²) in [6.45, 7) is 2.86. The average Bonchev–Trinajstić information content (AvgIpc) is 2.37. The Labute approximate surface area is 105 Å². The number of aromatic nitrogens is 1. The molecule has 1 aromatic carbocycles. The van der Waals surface area contributed by atoms with Crippen LogP contribution in [0.2, 0.25) is 0 Å². The third kappa shape index (κ3) is 2.64. The Kier molecular flexibility index (Phi) is 3.87. The lowest BCUT2D eigenvalue weighted by molar-refractivity contribution is 0.588. The van der Waals surface area contributed by atoms with Gasteiger partial charge in [0.05, 0.1) is 11.3 Å². The Balaban J connectivity index is 2.38. The van der Waals surface area contributed by atoms with E-state index in [0.29, 0.717) is 5.69 Å². The van der Waals surface area contributed by atoms with Crippen LogP contribution in [0, 0.1) is 11.6 Å². The molecule has 0 aliphatic heterocycles. The van der Waals surface area contributed by atoms with E-state index < -0.39 is 11.6 Å². The van der Waals surface area contributed by atoms with E-state index in [-0.39, 0.29) is 5.56 Å². The van der Waals surface area contributed by atoms with Crippen LogP contribution in [0.5, 0.6) is 0 Å². The Morgan fingerprint density at radius 1 is 1.17 bits per heavy atom. The predicted molar refractivity (Wildman–Crippen MR) is 68.4 cm³/mol. The minimum absolute atomic E-state index is 0.0855. The maximum atomic E-state index is 13.6. The first-order chi connectivity index (χ1) is 8.72. The number of anilines is 1. The van der Waals surface area contributed by atoms with Gasteiger partial charge >= 0.3 is 0 Å². The Morgan fingerprint density at radius 3 is 2.56 bits per heavy atom. The molecule has 18 heavy (non-hydrogen) atoms. The van der Waals surface area contributed by atoms with Crippen molar-refractivity contribution in [3.63, 3.8) is 0 Å². The molecule has 0 fully saturated rings. The largest absolute Gasteiger partial charge is 0.385 e. The number of pyridine rings is 1. The summed E-state index contributed by atoms with van der Waals surface area (Å²) in [4.78, 5) is 4.02. The maximum Gasteiger partial charge on any atom is 0.135 e. The zero-order valence-corrected chi connectivity index (χ0v) is 10.1. The number of nitrogens with zero attached hydrogens (tertiary/aromatic N) is 1. The van der Waals surface area contributed by atoms with E-state index in [4.69, 9.17) is 0 Å². The van der Waals surface area contributed by atoms with Gasteiger partial charge in [0, 0.05) is 18.4 Å². The van der Waals surface area contributed by atoms with Crippen LogP contribution in [0.15, 0.2) is 36.5 Å². The summed E-state index contributed by atoms with van der Waals surface area (Å²) < 4.78 is 27.2. The van der Waals surface area contributed by atoms with Crippen LogP contribution < -0.4 is 5.32 Å². The molecule has 2 rings (SSSR count). The van der Waals surface area contributed by atoms with Crippen molar-refractivity contribution in [2.75, 3.05) is 11.9 Å². The molecule has 0 amide bonds. The standard InChI is InChI=1S/C14H14F2N2/c1-2-7-17-10-6-8-18-13(9-10)14-11(15)4-3-5-12(14)16/h3-6,8-9H,2,7H2,1H3,(H,17,18). The van der Waals surface area contributed by atoms with Crippen LogP contribution in [-0.4, -0.2) is 11.5 Å². The molecule has 2 aromatic rings. The van der Waals surface area contributed by atoms with Crippen LogP contribution in [-0.2, 0) is 0 Å². The Bertz CT molecular complexity index is 521. The third-order valence-corrected chi connectivity index (χ3v) is 2.56. The topological polar surface area (TPSA) is 24.9 Å². The molecule has 1 N–H and O–H groups in total. The zero-order valence-electron chi connectivity index (χ0n) is 10.1. The van der Waals surface area contributed by atoms with Crippen molar-refractivity contribution >= 4 is 5.69 Å². The fraction of sp³-hybridized carbons (Fsp3) is 0.214. The smallest absolute Gasteiger partial charge is 0.135 e. The van der Waals surface area contributed by atoms with Crippen LogP contribution in [0.1, 0.15) is 13.3 Å². The number of benzene rings is 1. The van der Waals surface area contributed by atoms with Crippen molar-refractivity contribution in [2.45, 2.75) is 13.3 Å². The van der Waals surface area contributed by atoms with Crippen molar-refractivity contribution in [1.82, 2.24) is 4.98 Å². The van der Waals surface area contributed by atoms with Gasteiger partial charge in [-0.15, -0.1) is 0 Å². The first kappa shape index (κ1) is 12.5. The molecule has 0 saturated heterocycles. The quantitative estimate of drug-likeness (QED) is 0.889. The molecule has 1 aromatic heterocycles. The molecule has 0 saturated carbocycles. The highest BCUT2D eigenvalue weighted by Gasteiger charge is 2.12. The number of hydrogen-bond donors (Lipinski definition) is 1. The molecule has 4 heteroatoms. The number of halogens is 2. The average molecular weight is 248 g/mol. The monoisotopic (exact) mass is 248 g/mol. The van der Waals surface area contributed by atoms with Gasteiger partial charge in [-0.25, -0.2) is 8.78 Å². The summed E-state index contributed by atoms with van der Waals surface area (Å²) in [6, 6.07) is 7.22. The molecule has 0 bridgehead atoms. The van der Waals surface area contributed by atoms with Crippen LogP contribution in [0.3, 0.4) is 0 Å². The molecule has 0 aliphatic carbocycles. The molecule has 0 unspecified atom stereocenters. The van der Waals surface area contributed by atoms with Gasteiger partial charge in [0.2, 0.25) is 0 Å². The van der Waals surface area contributed by atoms with Gasteiger partial charge in [-0.2, -0.15) is 0 Å². The second-order valence-corrected chi connectivity index (χ2v) is 3.95. The molecule has 0 radical (unpaired) electrons. The summed E-state index contributed by atoms with van der Waals surface area (Å²) in [5.74, 6) is -1.20. The molecule has 94 valence electrons. The van der Waals surface area contributed by atoms with E-state index in [9.17, 15) is 8.78 Å². The molecular weight excluding hydrogens is 234 g/mol. The molecule has 0 aliphatic rings. The SMILES string of the molecule is CCCNc1ccnc(-c2c(F)cccc2F)c1. The summed E-state index contributed by atoms with van der Waals surface area (Å²) in [5, 5.41) is 3.16. The van der Waals surface area contributed by atoms with Crippen LogP contribution in [0.25, 0.3) is 11.3 Å². The van der Waals surface area contributed by atoms with E-state index in [0.717, 1.165) is 18.7 Å². The van der Waals surface area contributed by atoms with Crippen LogP contribution >= 0.6 is 0 Å². The van der Waals surface area contributed by atoms with E-state index in [1.807, 2.05) is 6.92 Å². The second kappa shape index (κ2) is 5.58. The van der Waals surface area contributed by atoms with Crippen molar-refractivity contribution in [3.8, 4) is 11.3 Å². The number of hydrogen-bond acceptors (Lipinski definition) is 2. The molecule has 1 heterocycles. The zero-order chi connectivity index (χ0) is 13.0. The summed E-state index contributed by atoms with van der Waals surface area (Å²) >= 11 is 0. The van der Waals surface area contributed by atoms with Crippen LogP contribution in [0.4, 0.5) is 14.5 Å². The molecular formula is C14H14F2N2. The normalized spacial score (nSPS) is 10.4. The lowest BCUT2D eigenvalue weighted by atomic mass is 10.1. The highest BCUT2D eigenvalue weighted by atomic mass is 19.1. The minimum Gasteiger partial charge on any atom is -0.385 e. The van der Waals surface area contributed by atoms with E-state index in [2.05, 4.69) is 10.3 Å². The fourth-order valence-electron chi connectivity index (χ4n) is 1.69. The van der Waals surface area contributed by atoms with E-state index >= 15 is 0 Å². The summed E-state index contributed by atoms with van der Waals surface area (Å²) in [5.41, 5.74) is 1.02. The fourth-order valence-corrected chi connectivity index (χ4v) is 1.69. The van der Waals surface area contributed by atoms with Gasteiger partial charge in [-0.1, -0.05) is 13.0 Å². The third-order valence-electron chi connectivity index (χ3n) is 2.56. The molecule has 0 atom stereocenters. The predicted octanol–water partition coefficient (Wildman–Crippen LogP) is 3.85. The van der Waals surface area contributed by atoms with E-state index in [1.54, 1.807) is 18.3 Å². The first-order valence-corrected chi connectivity index (χ1v) is 5.86. The lowest BCUT2D eigenvalue weighted by Crippen LogP contribution is -2.00.